The van der Waals surface area contributed by atoms with Gasteiger partial charge in [-0.25, -0.2) is 18.1 Å². The largest absolute Gasteiger partial charge is 0.347 e. The monoisotopic (exact) mass is 217 g/mol. The SMILES string of the molecule is CC(C)CS(=O)(=O)NCc1ncc[nH]1. The molecule has 0 saturated carbocycles. The quantitative estimate of drug-likeness (QED) is 0.753. The Hall–Kier alpha value is -0.880. The van der Waals surface area contributed by atoms with Crippen LogP contribution in [0.3, 0.4) is 0 Å². The molecule has 0 saturated heterocycles. The van der Waals surface area contributed by atoms with Gasteiger partial charge in [-0.2, -0.15) is 0 Å². The summed E-state index contributed by atoms with van der Waals surface area (Å²) in [7, 11) is -3.17. The molecule has 0 aromatic carbocycles. The van der Waals surface area contributed by atoms with E-state index in [0.717, 1.165) is 0 Å². The zero-order chi connectivity index (χ0) is 10.6. The van der Waals surface area contributed by atoms with E-state index in [1.165, 1.54) is 0 Å². The number of nitrogens with one attached hydrogen (secondary N) is 2. The topological polar surface area (TPSA) is 74.8 Å². The average Bonchev–Trinajstić information content (AvgIpc) is 2.50. The second kappa shape index (κ2) is 4.56. The van der Waals surface area contributed by atoms with Crippen molar-refractivity contribution in [3.63, 3.8) is 0 Å². The van der Waals surface area contributed by atoms with Crippen LogP contribution in [-0.4, -0.2) is 24.1 Å². The van der Waals surface area contributed by atoms with Gasteiger partial charge in [-0.3, -0.25) is 0 Å². The minimum atomic E-state index is -3.17. The summed E-state index contributed by atoms with van der Waals surface area (Å²) in [5.41, 5.74) is 0. The predicted octanol–water partition coefficient (Wildman–Crippen LogP) is 0.485. The van der Waals surface area contributed by atoms with Crippen LogP contribution in [0.25, 0.3) is 0 Å². The maximum atomic E-state index is 11.4. The Labute approximate surface area is 84.0 Å². The molecule has 1 aromatic heterocycles. The molecule has 1 heterocycles. The minimum absolute atomic E-state index is 0.129. The van der Waals surface area contributed by atoms with Crippen LogP contribution in [0, 0.1) is 5.92 Å². The van der Waals surface area contributed by atoms with E-state index in [2.05, 4.69) is 14.7 Å². The van der Waals surface area contributed by atoms with Gasteiger partial charge < -0.3 is 4.98 Å². The molecule has 5 nitrogen and oxygen atoms in total. The van der Waals surface area contributed by atoms with Crippen molar-refractivity contribution in [3.05, 3.63) is 18.2 Å². The fourth-order valence-corrected chi connectivity index (χ4v) is 2.42. The number of nitrogens with zero attached hydrogens (tertiary/aromatic N) is 1. The van der Waals surface area contributed by atoms with E-state index in [0.29, 0.717) is 5.82 Å². The highest BCUT2D eigenvalue weighted by molar-refractivity contribution is 7.89. The number of aromatic nitrogens is 2. The highest BCUT2D eigenvalue weighted by Gasteiger charge is 2.12. The number of aromatic amines is 1. The molecule has 6 heteroatoms. The minimum Gasteiger partial charge on any atom is -0.347 e. The maximum absolute atomic E-state index is 11.4. The Morgan fingerprint density at radius 1 is 1.57 bits per heavy atom. The van der Waals surface area contributed by atoms with Gasteiger partial charge in [-0.15, -0.1) is 0 Å². The van der Waals surface area contributed by atoms with Gasteiger partial charge in [-0.05, 0) is 5.92 Å². The fraction of sp³-hybridized carbons (Fsp3) is 0.625. The maximum Gasteiger partial charge on any atom is 0.212 e. The molecule has 0 unspecified atom stereocenters. The summed E-state index contributed by atoms with van der Waals surface area (Å²) in [6.45, 7) is 3.96. The first-order valence-electron chi connectivity index (χ1n) is 4.45. The van der Waals surface area contributed by atoms with Crippen LogP contribution >= 0.6 is 0 Å². The summed E-state index contributed by atoms with van der Waals surface area (Å²) in [5.74, 6) is 0.898. The van der Waals surface area contributed by atoms with Crippen molar-refractivity contribution in [3.8, 4) is 0 Å². The van der Waals surface area contributed by atoms with Gasteiger partial charge >= 0.3 is 0 Å². The third-order valence-electron chi connectivity index (χ3n) is 1.57. The third kappa shape index (κ3) is 3.89. The molecule has 0 fully saturated rings. The van der Waals surface area contributed by atoms with Crippen molar-refractivity contribution in [2.75, 3.05) is 5.75 Å². The van der Waals surface area contributed by atoms with Gasteiger partial charge in [0, 0.05) is 12.4 Å². The van der Waals surface area contributed by atoms with Gasteiger partial charge in [-0.1, -0.05) is 13.8 Å². The molecule has 0 radical (unpaired) electrons. The third-order valence-corrected chi connectivity index (χ3v) is 3.26. The van der Waals surface area contributed by atoms with E-state index in [9.17, 15) is 8.42 Å². The van der Waals surface area contributed by atoms with Crippen LogP contribution in [-0.2, 0) is 16.6 Å². The van der Waals surface area contributed by atoms with E-state index in [4.69, 9.17) is 0 Å². The molecule has 0 aliphatic rings. The molecular weight excluding hydrogens is 202 g/mol. The first-order valence-corrected chi connectivity index (χ1v) is 6.10. The van der Waals surface area contributed by atoms with E-state index >= 15 is 0 Å². The molecule has 0 spiro atoms. The number of hydrogen-bond acceptors (Lipinski definition) is 3. The van der Waals surface area contributed by atoms with Gasteiger partial charge in [0.2, 0.25) is 10.0 Å². The lowest BCUT2D eigenvalue weighted by molar-refractivity contribution is 0.566. The van der Waals surface area contributed by atoms with Crippen LogP contribution in [0.1, 0.15) is 19.7 Å². The summed E-state index contributed by atoms with van der Waals surface area (Å²) < 4.78 is 25.2. The Morgan fingerprint density at radius 2 is 2.29 bits per heavy atom. The molecular formula is C8H15N3O2S. The molecule has 0 atom stereocenters. The zero-order valence-corrected chi connectivity index (χ0v) is 9.13. The van der Waals surface area contributed by atoms with Crippen LogP contribution < -0.4 is 4.72 Å². The zero-order valence-electron chi connectivity index (χ0n) is 8.32. The Morgan fingerprint density at radius 3 is 2.79 bits per heavy atom. The number of imidazole rings is 1. The molecule has 80 valence electrons. The van der Waals surface area contributed by atoms with Crippen molar-refractivity contribution in [1.29, 1.82) is 0 Å². The van der Waals surface area contributed by atoms with Gasteiger partial charge in [0.25, 0.3) is 0 Å². The Kier molecular flexibility index (Phi) is 3.65. The van der Waals surface area contributed by atoms with Crippen molar-refractivity contribution in [2.45, 2.75) is 20.4 Å². The molecule has 0 aliphatic heterocycles. The molecule has 1 rings (SSSR count). The predicted molar refractivity (Wildman–Crippen MR) is 54.1 cm³/mol. The summed E-state index contributed by atoms with van der Waals surface area (Å²) >= 11 is 0. The van der Waals surface area contributed by atoms with Crippen LogP contribution in [0.5, 0.6) is 0 Å². The van der Waals surface area contributed by atoms with Gasteiger partial charge in [0.05, 0.1) is 12.3 Å². The fourth-order valence-electron chi connectivity index (χ4n) is 1.07. The van der Waals surface area contributed by atoms with E-state index < -0.39 is 10.0 Å². The lowest BCUT2D eigenvalue weighted by atomic mass is 10.3. The van der Waals surface area contributed by atoms with Crippen molar-refractivity contribution in [2.24, 2.45) is 5.92 Å². The van der Waals surface area contributed by atoms with Gasteiger partial charge in [0.15, 0.2) is 0 Å². The van der Waals surface area contributed by atoms with Crippen molar-refractivity contribution < 1.29 is 8.42 Å². The molecule has 1 aromatic rings. The van der Waals surface area contributed by atoms with Crippen LogP contribution in [0.4, 0.5) is 0 Å². The average molecular weight is 217 g/mol. The normalized spacial score (nSPS) is 12.2. The Balaban J connectivity index is 2.45. The summed E-state index contributed by atoms with van der Waals surface area (Å²) in [5, 5.41) is 0. The van der Waals surface area contributed by atoms with E-state index in [-0.39, 0.29) is 18.2 Å². The molecule has 14 heavy (non-hydrogen) atoms. The molecule has 0 aliphatic carbocycles. The lowest BCUT2D eigenvalue weighted by Crippen LogP contribution is -2.28. The number of hydrogen-bond donors (Lipinski definition) is 2. The summed E-state index contributed by atoms with van der Waals surface area (Å²) in [4.78, 5) is 6.74. The number of sulfonamides is 1. The summed E-state index contributed by atoms with van der Waals surface area (Å²) in [6.07, 6.45) is 3.25. The first kappa shape index (κ1) is 11.2. The highest BCUT2D eigenvalue weighted by Crippen LogP contribution is 1.98. The van der Waals surface area contributed by atoms with Crippen molar-refractivity contribution >= 4 is 10.0 Å². The first-order chi connectivity index (χ1) is 6.49. The van der Waals surface area contributed by atoms with E-state index in [1.807, 2.05) is 13.8 Å². The Bertz CT molecular complexity index is 356. The second-order valence-corrected chi connectivity index (χ2v) is 5.38. The lowest BCUT2D eigenvalue weighted by Gasteiger charge is -2.06. The standard InChI is InChI=1S/C8H15N3O2S/c1-7(2)6-14(12,13)11-5-8-9-3-4-10-8/h3-4,7,11H,5-6H2,1-2H3,(H,9,10). The molecule has 0 bridgehead atoms. The highest BCUT2D eigenvalue weighted by atomic mass is 32.2. The molecule has 0 amide bonds. The second-order valence-electron chi connectivity index (χ2n) is 3.53. The van der Waals surface area contributed by atoms with Crippen molar-refractivity contribution in [1.82, 2.24) is 14.7 Å². The summed E-state index contributed by atoms with van der Waals surface area (Å²) in [6, 6.07) is 0. The van der Waals surface area contributed by atoms with Crippen LogP contribution in [0.2, 0.25) is 0 Å². The number of rotatable bonds is 5. The number of H-pyrrole nitrogens is 1. The van der Waals surface area contributed by atoms with E-state index in [1.54, 1.807) is 12.4 Å². The smallest absolute Gasteiger partial charge is 0.212 e. The van der Waals surface area contributed by atoms with Gasteiger partial charge in [0.1, 0.15) is 5.82 Å². The molecule has 2 N–H and O–H groups in total. The van der Waals surface area contributed by atoms with Crippen LogP contribution in [0.15, 0.2) is 12.4 Å².